The van der Waals surface area contributed by atoms with Gasteiger partial charge in [0.25, 0.3) is 0 Å². The van der Waals surface area contributed by atoms with Crippen LogP contribution in [0.5, 0.6) is 0 Å². The molecule has 0 amide bonds. The van der Waals surface area contributed by atoms with Gasteiger partial charge in [0.2, 0.25) is 0 Å². The van der Waals surface area contributed by atoms with E-state index < -0.39 is 0 Å². The van der Waals surface area contributed by atoms with E-state index in [1.807, 2.05) is 22.7 Å². The Morgan fingerprint density at radius 2 is 2.10 bits per heavy atom. The fourth-order valence-corrected chi connectivity index (χ4v) is 6.45. The van der Waals surface area contributed by atoms with Gasteiger partial charge in [-0.25, -0.2) is 0 Å². The molecule has 0 saturated carbocycles. The van der Waals surface area contributed by atoms with E-state index in [2.05, 4.69) is 50.0 Å². The summed E-state index contributed by atoms with van der Waals surface area (Å²) in [7, 11) is 0. The second kappa shape index (κ2) is 6.22. The first kappa shape index (κ1) is 14.6. The van der Waals surface area contributed by atoms with Crippen LogP contribution in [-0.4, -0.2) is 12.3 Å². The molecule has 0 fully saturated rings. The Morgan fingerprint density at radius 1 is 1.25 bits per heavy atom. The Hall–Kier alpha value is -0.290. The van der Waals surface area contributed by atoms with Gasteiger partial charge in [-0.1, -0.05) is 6.92 Å². The van der Waals surface area contributed by atoms with E-state index >= 15 is 0 Å². The van der Waals surface area contributed by atoms with E-state index in [0.29, 0.717) is 6.04 Å². The Kier molecular flexibility index (Phi) is 4.55. The number of hydrogen-bond donors (Lipinski definition) is 1. The van der Waals surface area contributed by atoms with Gasteiger partial charge >= 0.3 is 0 Å². The van der Waals surface area contributed by atoms with Crippen LogP contribution in [0.3, 0.4) is 0 Å². The van der Waals surface area contributed by atoms with E-state index in [9.17, 15) is 0 Å². The number of aryl methyl sites for hydroxylation is 3. The first-order valence-electron chi connectivity index (χ1n) is 7.18. The Balaban J connectivity index is 1.98. The molecule has 0 aromatic carbocycles. The van der Waals surface area contributed by atoms with Crippen molar-refractivity contribution in [2.45, 2.75) is 39.0 Å². The maximum Gasteiger partial charge on any atom is 0.0767 e. The van der Waals surface area contributed by atoms with E-state index in [4.69, 9.17) is 0 Å². The molecule has 0 saturated heterocycles. The highest BCUT2D eigenvalue weighted by molar-refractivity contribution is 7.98. The van der Waals surface area contributed by atoms with Gasteiger partial charge in [0.1, 0.15) is 0 Å². The molecule has 4 heteroatoms. The third-order valence-corrected chi connectivity index (χ3v) is 7.21. The van der Waals surface area contributed by atoms with Gasteiger partial charge in [0.05, 0.1) is 6.04 Å². The SMILES string of the molecule is CCNC(c1cc2c(s1)CCSC2)c1sc(C)cc1C. The number of thiophene rings is 2. The molecule has 1 N–H and O–H groups in total. The van der Waals surface area contributed by atoms with Gasteiger partial charge in [-0.15, -0.1) is 22.7 Å². The van der Waals surface area contributed by atoms with Crippen molar-refractivity contribution in [2.24, 2.45) is 0 Å². The molecule has 1 aliphatic heterocycles. The second-order valence-electron chi connectivity index (χ2n) is 5.29. The number of thioether (sulfide) groups is 1. The predicted molar refractivity (Wildman–Crippen MR) is 93.5 cm³/mol. The summed E-state index contributed by atoms with van der Waals surface area (Å²) in [5.41, 5.74) is 3.01. The van der Waals surface area contributed by atoms with Crippen molar-refractivity contribution in [3.63, 3.8) is 0 Å². The molecule has 2 aromatic heterocycles. The summed E-state index contributed by atoms with van der Waals surface area (Å²) >= 11 is 6.04. The highest BCUT2D eigenvalue weighted by Gasteiger charge is 2.22. The zero-order chi connectivity index (χ0) is 14.1. The smallest absolute Gasteiger partial charge is 0.0767 e. The first-order valence-corrected chi connectivity index (χ1v) is 9.97. The largest absolute Gasteiger partial charge is 0.305 e. The van der Waals surface area contributed by atoms with Crippen molar-refractivity contribution in [3.8, 4) is 0 Å². The zero-order valence-corrected chi connectivity index (χ0v) is 14.7. The van der Waals surface area contributed by atoms with Crippen LogP contribution >= 0.6 is 34.4 Å². The lowest BCUT2D eigenvalue weighted by Gasteiger charge is -2.16. The molecule has 1 unspecified atom stereocenters. The Bertz CT molecular complexity index is 573. The minimum absolute atomic E-state index is 0.388. The molecule has 3 rings (SSSR count). The first-order chi connectivity index (χ1) is 9.69. The van der Waals surface area contributed by atoms with Crippen molar-refractivity contribution in [2.75, 3.05) is 12.3 Å². The second-order valence-corrected chi connectivity index (χ2v) is 8.86. The van der Waals surface area contributed by atoms with Crippen LogP contribution in [0.25, 0.3) is 0 Å². The van der Waals surface area contributed by atoms with Crippen LogP contribution in [0.2, 0.25) is 0 Å². The standard InChI is InChI=1S/C16H21NS3/c1-4-17-15(16-10(2)7-11(3)19-16)14-8-12-9-18-6-5-13(12)20-14/h7-8,15,17H,4-6,9H2,1-3H3. The summed E-state index contributed by atoms with van der Waals surface area (Å²) in [4.78, 5) is 6.03. The minimum Gasteiger partial charge on any atom is -0.305 e. The highest BCUT2D eigenvalue weighted by Crippen LogP contribution is 2.39. The van der Waals surface area contributed by atoms with Crippen LogP contribution in [-0.2, 0) is 12.2 Å². The van der Waals surface area contributed by atoms with E-state index in [0.717, 1.165) is 6.54 Å². The van der Waals surface area contributed by atoms with Gasteiger partial charge < -0.3 is 5.32 Å². The van der Waals surface area contributed by atoms with Crippen LogP contribution in [0.4, 0.5) is 0 Å². The molecule has 0 radical (unpaired) electrons. The maximum atomic E-state index is 3.69. The summed E-state index contributed by atoms with van der Waals surface area (Å²) < 4.78 is 0. The Labute approximate surface area is 133 Å². The molecular formula is C16H21NS3. The van der Waals surface area contributed by atoms with Gasteiger partial charge in [-0.2, -0.15) is 11.8 Å². The number of hydrogen-bond acceptors (Lipinski definition) is 4. The topological polar surface area (TPSA) is 12.0 Å². The average Bonchev–Trinajstić information content (AvgIpc) is 2.99. The molecule has 20 heavy (non-hydrogen) atoms. The average molecular weight is 324 g/mol. The number of nitrogens with one attached hydrogen (secondary N) is 1. The van der Waals surface area contributed by atoms with Crippen LogP contribution in [0.1, 0.15) is 43.6 Å². The third kappa shape index (κ3) is 2.84. The maximum absolute atomic E-state index is 3.69. The van der Waals surface area contributed by atoms with Crippen LogP contribution in [0.15, 0.2) is 12.1 Å². The number of fused-ring (bicyclic) bond motifs is 1. The monoisotopic (exact) mass is 323 g/mol. The van der Waals surface area contributed by atoms with Crippen LogP contribution in [0, 0.1) is 13.8 Å². The molecule has 2 aromatic rings. The fourth-order valence-electron chi connectivity index (χ4n) is 2.79. The van der Waals surface area contributed by atoms with Gasteiger partial charge in [-0.05, 0) is 55.8 Å². The van der Waals surface area contributed by atoms with Crippen molar-refractivity contribution in [1.82, 2.24) is 5.32 Å². The zero-order valence-electron chi connectivity index (χ0n) is 12.3. The molecule has 0 bridgehead atoms. The van der Waals surface area contributed by atoms with E-state index in [1.165, 1.54) is 38.1 Å². The van der Waals surface area contributed by atoms with E-state index in [-0.39, 0.29) is 0 Å². The van der Waals surface area contributed by atoms with Crippen LogP contribution < -0.4 is 5.32 Å². The lowest BCUT2D eigenvalue weighted by atomic mass is 10.1. The third-order valence-electron chi connectivity index (χ3n) is 3.68. The highest BCUT2D eigenvalue weighted by atomic mass is 32.2. The summed E-state index contributed by atoms with van der Waals surface area (Å²) in [6, 6.07) is 5.15. The van der Waals surface area contributed by atoms with E-state index in [1.54, 1.807) is 10.4 Å². The molecule has 1 nitrogen and oxygen atoms in total. The molecule has 108 valence electrons. The quantitative estimate of drug-likeness (QED) is 0.857. The summed E-state index contributed by atoms with van der Waals surface area (Å²) in [6.07, 6.45) is 1.26. The van der Waals surface area contributed by atoms with Crippen molar-refractivity contribution in [3.05, 3.63) is 42.8 Å². The molecule has 1 atom stereocenters. The molecular weight excluding hydrogens is 302 g/mol. The summed E-state index contributed by atoms with van der Waals surface area (Å²) in [5, 5.41) is 3.69. The van der Waals surface area contributed by atoms with Crippen molar-refractivity contribution in [1.29, 1.82) is 0 Å². The predicted octanol–water partition coefficient (Wildman–Crippen LogP) is 4.91. The normalized spacial score (nSPS) is 16.1. The fraction of sp³-hybridized carbons (Fsp3) is 0.500. The summed E-state index contributed by atoms with van der Waals surface area (Å²) in [6.45, 7) is 7.66. The molecule has 3 heterocycles. The number of rotatable bonds is 4. The Morgan fingerprint density at radius 3 is 2.75 bits per heavy atom. The minimum atomic E-state index is 0.388. The van der Waals surface area contributed by atoms with Crippen molar-refractivity contribution < 1.29 is 0 Å². The van der Waals surface area contributed by atoms with Gasteiger partial charge in [0, 0.05) is 25.3 Å². The van der Waals surface area contributed by atoms with Gasteiger partial charge in [-0.3, -0.25) is 0 Å². The summed E-state index contributed by atoms with van der Waals surface area (Å²) in [5.74, 6) is 2.49. The van der Waals surface area contributed by atoms with Crippen molar-refractivity contribution >= 4 is 34.4 Å². The molecule has 0 aliphatic carbocycles. The lowest BCUT2D eigenvalue weighted by Crippen LogP contribution is -2.20. The molecule has 0 spiro atoms. The van der Waals surface area contributed by atoms with Gasteiger partial charge in [0.15, 0.2) is 0 Å². The molecule has 1 aliphatic rings. The lowest BCUT2D eigenvalue weighted by molar-refractivity contribution is 0.646.